The molecule has 0 radical (unpaired) electrons. The van der Waals surface area contributed by atoms with Crippen LogP contribution in [0.1, 0.15) is 41.2 Å². The largest absolute Gasteiger partial charge is 0.387 e. The van der Waals surface area contributed by atoms with E-state index in [0.29, 0.717) is 24.3 Å². The number of rotatable bonds is 3. The van der Waals surface area contributed by atoms with Crippen LogP contribution in [0.4, 0.5) is 0 Å². The zero-order valence-corrected chi connectivity index (χ0v) is 15.4. The Kier molecular flexibility index (Phi) is 4.58. The first kappa shape index (κ1) is 18.0. The van der Waals surface area contributed by atoms with Crippen molar-refractivity contribution in [2.24, 2.45) is 0 Å². The molecule has 2 aromatic carbocycles. The topological polar surface area (TPSA) is 69.9 Å². The van der Waals surface area contributed by atoms with Crippen LogP contribution in [0, 0.1) is 6.92 Å². The Bertz CT molecular complexity index is 800. The molecule has 1 saturated carbocycles. The zero-order chi connectivity index (χ0) is 18.5. The fourth-order valence-corrected chi connectivity index (χ4v) is 3.89. The first-order chi connectivity index (χ1) is 12.4. The summed E-state index contributed by atoms with van der Waals surface area (Å²) in [5.74, 6) is 0. The maximum Gasteiger partial charge on any atom is 0.113 e. The number of hydrogen-bond donors (Lipinski definition) is 3. The van der Waals surface area contributed by atoms with E-state index in [0.717, 1.165) is 16.7 Å². The average Bonchev–Trinajstić information content (AvgIpc) is 3.41. The van der Waals surface area contributed by atoms with Crippen molar-refractivity contribution >= 4 is 11.6 Å². The molecule has 4 nitrogen and oxygen atoms in total. The normalized spacial score (nSPS) is 29.7. The highest BCUT2D eigenvalue weighted by Crippen LogP contribution is 2.51. The molecule has 0 amide bonds. The zero-order valence-electron chi connectivity index (χ0n) is 14.6. The predicted molar refractivity (Wildman–Crippen MR) is 99.2 cm³/mol. The molecular weight excluding hydrogens is 352 g/mol. The van der Waals surface area contributed by atoms with E-state index in [2.05, 4.69) is 24.3 Å². The Morgan fingerprint density at radius 1 is 1.04 bits per heavy atom. The third-order valence-corrected chi connectivity index (χ3v) is 5.91. The van der Waals surface area contributed by atoms with Gasteiger partial charge in [-0.15, -0.1) is 0 Å². The highest BCUT2D eigenvalue weighted by Gasteiger charge is 2.60. The van der Waals surface area contributed by atoms with E-state index in [1.165, 1.54) is 5.56 Å². The van der Waals surface area contributed by atoms with Gasteiger partial charge in [0.1, 0.15) is 24.4 Å². The standard InChI is InChI=1S/C21H23ClO4/c1-12-2-4-13(5-3-12)10-15-11-14(6-7-16(15)22)19-17(23)18(24)20(25)21(26-19)8-9-21/h2-7,11,17-20,23-25H,8-10H2,1H3/t17-,18-,19+,20+/m1/s1. The molecule has 1 heterocycles. The predicted octanol–water partition coefficient (Wildman–Crippen LogP) is 2.93. The van der Waals surface area contributed by atoms with Crippen molar-refractivity contribution in [2.75, 3.05) is 0 Å². The van der Waals surface area contributed by atoms with Crippen LogP contribution in [0.25, 0.3) is 0 Å². The summed E-state index contributed by atoms with van der Waals surface area (Å²) in [4.78, 5) is 0. The quantitative estimate of drug-likeness (QED) is 0.772. The van der Waals surface area contributed by atoms with E-state index in [-0.39, 0.29) is 0 Å². The smallest absolute Gasteiger partial charge is 0.113 e. The monoisotopic (exact) mass is 374 g/mol. The molecule has 0 bridgehead atoms. The van der Waals surface area contributed by atoms with Crippen molar-refractivity contribution in [3.05, 3.63) is 69.7 Å². The van der Waals surface area contributed by atoms with Gasteiger partial charge in [-0.2, -0.15) is 0 Å². The van der Waals surface area contributed by atoms with Gasteiger partial charge < -0.3 is 20.1 Å². The number of benzene rings is 2. The van der Waals surface area contributed by atoms with Crippen molar-refractivity contribution in [1.82, 2.24) is 0 Å². The third-order valence-electron chi connectivity index (χ3n) is 5.54. The summed E-state index contributed by atoms with van der Waals surface area (Å²) in [6, 6.07) is 13.8. The Hall–Kier alpha value is -1.43. The molecule has 0 unspecified atom stereocenters. The van der Waals surface area contributed by atoms with Gasteiger partial charge in [-0.3, -0.25) is 0 Å². The number of aliphatic hydroxyl groups is 3. The average molecular weight is 375 g/mol. The minimum absolute atomic E-state index is 0.654. The molecule has 3 N–H and O–H groups in total. The summed E-state index contributed by atoms with van der Waals surface area (Å²) in [5.41, 5.74) is 3.33. The highest BCUT2D eigenvalue weighted by atomic mass is 35.5. The van der Waals surface area contributed by atoms with E-state index >= 15 is 0 Å². The Labute approximate surface area is 158 Å². The lowest BCUT2D eigenvalue weighted by Crippen LogP contribution is -2.55. The molecule has 2 fully saturated rings. The van der Waals surface area contributed by atoms with E-state index < -0.39 is 30.0 Å². The van der Waals surface area contributed by atoms with Gasteiger partial charge in [0.25, 0.3) is 0 Å². The lowest BCUT2D eigenvalue weighted by atomic mass is 9.89. The molecule has 26 heavy (non-hydrogen) atoms. The molecular formula is C21H23ClO4. The summed E-state index contributed by atoms with van der Waals surface area (Å²) < 4.78 is 6.02. The lowest BCUT2D eigenvalue weighted by molar-refractivity contribution is -0.236. The summed E-state index contributed by atoms with van der Waals surface area (Å²) in [6.07, 6.45) is -2.06. The van der Waals surface area contributed by atoms with Crippen LogP contribution in [-0.2, 0) is 11.2 Å². The second kappa shape index (κ2) is 6.63. The molecule has 5 heteroatoms. The van der Waals surface area contributed by atoms with Crippen LogP contribution in [-0.4, -0.2) is 39.2 Å². The molecule has 1 saturated heterocycles. The SMILES string of the molecule is Cc1ccc(Cc2cc([C@@H]3OC4(CC4)[C@@H](O)[C@H](O)[C@H]3O)ccc2Cl)cc1. The fourth-order valence-electron chi connectivity index (χ4n) is 3.70. The van der Waals surface area contributed by atoms with E-state index in [4.69, 9.17) is 16.3 Å². The molecule has 2 aromatic rings. The van der Waals surface area contributed by atoms with Crippen LogP contribution >= 0.6 is 11.6 Å². The fraction of sp³-hybridized carbons (Fsp3) is 0.429. The van der Waals surface area contributed by atoms with E-state index in [9.17, 15) is 15.3 Å². The van der Waals surface area contributed by atoms with Crippen molar-refractivity contribution in [2.45, 2.75) is 56.2 Å². The third kappa shape index (κ3) is 3.17. The molecule has 4 atom stereocenters. The molecule has 2 aliphatic rings. The van der Waals surface area contributed by atoms with Gasteiger partial charge in [-0.05, 0) is 48.9 Å². The van der Waals surface area contributed by atoms with E-state index in [1.807, 2.05) is 19.1 Å². The van der Waals surface area contributed by atoms with Gasteiger partial charge in [0.15, 0.2) is 0 Å². The van der Waals surface area contributed by atoms with Crippen LogP contribution in [0.3, 0.4) is 0 Å². The second-order valence-corrected chi connectivity index (χ2v) is 7.95. The molecule has 1 aliphatic carbocycles. The van der Waals surface area contributed by atoms with Crippen LogP contribution in [0.2, 0.25) is 5.02 Å². The Morgan fingerprint density at radius 2 is 1.73 bits per heavy atom. The number of aliphatic hydroxyl groups excluding tert-OH is 3. The van der Waals surface area contributed by atoms with E-state index in [1.54, 1.807) is 6.07 Å². The summed E-state index contributed by atoms with van der Waals surface area (Å²) >= 11 is 6.38. The summed E-state index contributed by atoms with van der Waals surface area (Å²) in [5, 5.41) is 31.5. The maximum absolute atomic E-state index is 10.4. The minimum Gasteiger partial charge on any atom is -0.387 e. The van der Waals surface area contributed by atoms with Crippen molar-refractivity contribution in [3.63, 3.8) is 0 Å². The van der Waals surface area contributed by atoms with Gasteiger partial charge >= 0.3 is 0 Å². The number of halogens is 1. The van der Waals surface area contributed by atoms with Gasteiger partial charge in [-0.25, -0.2) is 0 Å². The molecule has 1 spiro atoms. The van der Waals surface area contributed by atoms with Crippen molar-refractivity contribution in [1.29, 1.82) is 0 Å². The van der Waals surface area contributed by atoms with Crippen LogP contribution in [0.5, 0.6) is 0 Å². The minimum atomic E-state index is -1.22. The highest BCUT2D eigenvalue weighted by molar-refractivity contribution is 6.31. The Morgan fingerprint density at radius 3 is 2.38 bits per heavy atom. The van der Waals surface area contributed by atoms with Crippen LogP contribution < -0.4 is 0 Å². The number of aryl methyl sites for hydroxylation is 1. The summed E-state index contributed by atoms with van der Waals surface area (Å²) in [6.45, 7) is 2.05. The molecule has 138 valence electrons. The lowest BCUT2D eigenvalue weighted by Gasteiger charge is -2.41. The molecule has 0 aromatic heterocycles. The van der Waals surface area contributed by atoms with Gasteiger partial charge in [0, 0.05) is 5.02 Å². The Balaban J connectivity index is 1.62. The first-order valence-corrected chi connectivity index (χ1v) is 9.33. The van der Waals surface area contributed by atoms with Gasteiger partial charge in [0.2, 0.25) is 0 Å². The van der Waals surface area contributed by atoms with Gasteiger partial charge in [0.05, 0.1) is 5.60 Å². The number of hydrogen-bond acceptors (Lipinski definition) is 4. The first-order valence-electron chi connectivity index (χ1n) is 8.95. The number of ether oxygens (including phenoxy) is 1. The maximum atomic E-state index is 10.4. The second-order valence-electron chi connectivity index (χ2n) is 7.54. The molecule has 4 rings (SSSR count). The summed E-state index contributed by atoms with van der Waals surface area (Å²) in [7, 11) is 0. The van der Waals surface area contributed by atoms with Crippen LogP contribution in [0.15, 0.2) is 42.5 Å². The van der Waals surface area contributed by atoms with Crippen molar-refractivity contribution in [3.8, 4) is 0 Å². The molecule has 1 aliphatic heterocycles. The van der Waals surface area contributed by atoms with Crippen molar-refractivity contribution < 1.29 is 20.1 Å². The van der Waals surface area contributed by atoms with Gasteiger partial charge in [-0.1, -0.05) is 53.6 Å².